The van der Waals surface area contributed by atoms with Crippen LogP contribution in [0, 0.1) is 10.1 Å². The molecule has 1 aromatic carbocycles. The summed E-state index contributed by atoms with van der Waals surface area (Å²) >= 11 is 11.9. The Morgan fingerprint density at radius 2 is 1.94 bits per heavy atom. The summed E-state index contributed by atoms with van der Waals surface area (Å²) in [5.74, 6) is 0. The van der Waals surface area contributed by atoms with Gasteiger partial charge in [-0.15, -0.1) is 0 Å². The zero-order valence-corrected chi connectivity index (χ0v) is 10.9. The molecule has 0 aromatic heterocycles. The average molecular weight is 279 g/mol. The fraction of sp³-hybridized carbons (Fsp3) is 0.400. The van der Waals surface area contributed by atoms with Crippen LogP contribution in [0.3, 0.4) is 0 Å². The van der Waals surface area contributed by atoms with Crippen LogP contribution in [-0.2, 0) is 0 Å². The summed E-state index contributed by atoms with van der Waals surface area (Å²) < 4.78 is 0. The van der Waals surface area contributed by atoms with Gasteiger partial charge in [0.25, 0.3) is 5.69 Å². The number of benzene rings is 1. The van der Waals surface area contributed by atoms with Gasteiger partial charge in [-0.1, -0.05) is 23.2 Å². The molecule has 94 valence electrons. The van der Waals surface area contributed by atoms with E-state index < -0.39 is 4.92 Å². The van der Waals surface area contributed by atoms with E-state index in [1.807, 2.05) is 0 Å². The summed E-state index contributed by atoms with van der Waals surface area (Å²) in [5, 5.41) is 20.0. The highest BCUT2D eigenvalue weighted by Crippen LogP contribution is 2.37. The molecule has 0 amide bonds. The van der Waals surface area contributed by atoms with Crippen LogP contribution in [0.2, 0.25) is 10.0 Å². The van der Waals surface area contributed by atoms with Gasteiger partial charge in [-0.3, -0.25) is 10.1 Å². The summed E-state index contributed by atoms with van der Waals surface area (Å²) in [7, 11) is 1.71. The Hall–Kier alpha value is -1.04. The molecule has 0 bridgehead atoms. The Kier molecular flexibility index (Phi) is 4.56. The van der Waals surface area contributed by atoms with Gasteiger partial charge in [0.15, 0.2) is 0 Å². The van der Waals surface area contributed by atoms with Crippen molar-refractivity contribution in [2.45, 2.75) is 13.0 Å². The number of anilines is 1. The molecule has 0 spiro atoms. The van der Waals surface area contributed by atoms with E-state index in [4.69, 9.17) is 28.3 Å². The zero-order valence-electron chi connectivity index (χ0n) is 9.35. The molecule has 0 saturated carbocycles. The van der Waals surface area contributed by atoms with Crippen LogP contribution in [0.1, 0.15) is 6.92 Å². The van der Waals surface area contributed by atoms with Crippen molar-refractivity contribution < 1.29 is 10.0 Å². The SMILES string of the molecule is CC(CO)N(C)c1c(Cl)cc([N+](=O)[O-])cc1Cl. The number of hydrogen-bond donors (Lipinski definition) is 1. The Bertz CT molecular complexity index is 417. The molecule has 5 nitrogen and oxygen atoms in total. The summed E-state index contributed by atoms with van der Waals surface area (Å²) in [6.45, 7) is 1.72. The van der Waals surface area contributed by atoms with Crippen molar-refractivity contribution in [1.82, 2.24) is 0 Å². The molecule has 1 aromatic rings. The largest absolute Gasteiger partial charge is 0.394 e. The molecular formula is C10H12Cl2N2O3. The second-order valence-corrected chi connectivity index (χ2v) is 4.47. The lowest BCUT2D eigenvalue weighted by molar-refractivity contribution is -0.384. The van der Waals surface area contributed by atoms with Crippen LogP contribution in [0.4, 0.5) is 11.4 Å². The molecule has 17 heavy (non-hydrogen) atoms. The van der Waals surface area contributed by atoms with Crippen molar-refractivity contribution >= 4 is 34.6 Å². The molecule has 1 rings (SSSR count). The maximum atomic E-state index is 10.6. The van der Waals surface area contributed by atoms with E-state index in [0.717, 1.165) is 0 Å². The number of likely N-dealkylation sites (N-methyl/N-ethyl adjacent to an activating group) is 1. The monoisotopic (exact) mass is 278 g/mol. The number of halogens is 2. The fourth-order valence-electron chi connectivity index (χ4n) is 1.34. The lowest BCUT2D eigenvalue weighted by atomic mass is 10.2. The third-order valence-electron chi connectivity index (χ3n) is 2.49. The molecule has 0 aliphatic rings. The first kappa shape index (κ1) is 14.0. The third-order valence-corrected chi connectivity index (χ3v) is 3.07. The number of hydrogen-bond acceptors (Lipinski definition) is 4. The van der Waals surface area contributed by atoms with Gasteiger partial charge in [0, 0.05) is 25.2 Å². The third kappa shape index (κ3) is 3.00. The van der Waals surface area contributed by atoms with Gasteiger partial charge >= 0.3 is 0 Å². The van der Waals surface area contributed by atoms with Gasteiger partial charge in [0.05, 0.1) is 27.3 Å². The highest BCUT2D eigenvalue weighted by Gasteiger charge is 2.19. The van der Waals surface area contributed by atoms with Crippen LogP contribution in [0.25, 0.3) is 0 Å². The van der Waals surface area contributed by atoms with Crippen LogP contribution in [0.15, 0.2) is 12.1 Å². The second kappa shape index (κ2) is 5.53. The Morgan fingerprint density at radius 3 is 2.29 bits per heavy atom. The summed E-state index contributed by atoms with van der Waals surface area (Å²) in [4.78, 5) is 11.7. The molecular weight excluding hydrogens is 267 g/mol. The molecule has 0 aliphatic heterocycles. The van der Waals surface area contributed by atoms with Crippen LogP contribution in [0.5, 0.6) is 0 Å². The number of nitrogens with zero attached hydrogens (tertiary/aromatic N) is 2. The second-order valence-electron chi connectivity index (χ2n) is 3.66. The maximum Gasteiger partial charge on any atom is 0.272 e. The van der Waals surface area contributed by atoms with Crippen molar-refractivity contribution in [3.8, 4) is 0 Å². The molecule has 0 aliphatic carbocycles. The van der Waals surface area contributed by atoms with E-state index in [1.165, 1.54) is 12.1 Å². The molecule has 0 heterocycles. The van der Waals surface area contributed by atoms with Gasteiger partial charge < -0.3 is 10.0 Å². The fourth-order valence-corrected chi connectivity index (χ4v) is 2.08. The minimum absolute atomic E-state index is 0.0693. The van der Waals surface area contributed by atoms with Gasteiger partial charge in [-0.2, -0.15) is 0 Å². The number of aliphatic hydroxyl groups excluding tert-OH is 1. The van der Waals surface area contributed by atoms with E-state index in [2.05, 4.69) is 0 Å². The average Bonchev–Trinajstić information content (AvgIpc) is 2.26. The number of rotatable bonds is 4. The number of nitro groups is 1. The topological polar surface area (TPSA) is 66.6 Å². The minimum Gasteiger partial charge on any atom is -0.394 e. The first-order chi connectivity index (χ1) is 7.88. The Morgan fingerprint density at radius 1 is 1.47 bits per heavy atom. The number of aliphatic hydroxyl groups is 1. The van der Waals surface area contributed by atoms with E-state index in [9.17, 15) is 10.1 Å². The number of nitro benzene ring substituents is 1. The highest BCUT2D eigenvalue weighted by atomic mass is 35.5. The summed E-state index contributed by atoms with van der Waals surface area (Å²) in [5.41, 5.74) is 0.314. The first-order valence-electron chi connectivity index (χ1n) is 4.85. The molecule has 1 unspecified atom stereocenters. The van der Waals surface area contributed by atoms with E-state index in [-0.39, 0.29) is 28.4 Å². The van der Waals surface area contributed by atoms with Crippen LogP contribution >= 0.6 is 23.2 Å². The lowest BCUT2D eigenvalue weighted by Crippen LogP contribution is -2.32. The van der Waals surface area contributed by atoms with Crippen molar-refractivity contribution in [2.24, 2.45) is 0 Å². The smallest absolute Gasteiger partial charge is 0.272 e. The molecule has 0 fully saturated rings. The van der Waals surface area contributed by atoms with Crippen molar-refractivity contribution in [3.63, 3.8) is 0 Å². The molecule has 1 atom stereocenters. The normalized spacial score (nSPS) is 12.3. The Balaban J connectivity index is 3.22. The predicted octanol–water partition coefficient (Wildman–Crippen LogP) is 2.72. The van der Waals surface area contributed by atoms with Crippen molar-refractivity contribution in [1.29, 1.82) is 0 Å². The zero-order chi connectivity index (χ0) is 13.2. The van der Waals surface area contributed by atoms with Crippen LogP contribution in [-0.4, -0.2) is 29.7 Å². The van der Waals surface area contributed by atoms with Gasteiger partial charge in [0.2, 0.25) is 0 Å². The van der Waals surface area contributed by atoms with Crippen molar-refractivity contribution in [2.75, 3.05) is 18.6 Å². The summed E-state index contributed by atoms with van der Waals surface area (Å²) in [6, 6.07) is 2.29. The maximum absolute atomic E-state index is 10.6. The molecule has 0 radical (unpaired) electrons. The van der Waals surface area contributed by atoms with Crippen molar-refractivity contribution in [3.05, 3.63) is 32.3 Å². The van der Waals surface area contributed by atoms with E-state index in [0.29, 0.717) is 5.69 Å². The highest BCUT2D eigenvalue weighted by molar-refractivity contribution is 6.39. The minimum atomic E-state index is -0.559. The predicted molar refractivity (Wildman–Crippen MR) is 68.1 cm³/mol. The molecule has 7 heteroatoms. The summed E-state index contributed by atoms with van der Waals surface area (Å²) in [6.07, 6.45) is 0. The quantitative estimate of drug-likeness (QED) is 0.679. The van der Waals surface area contributed by atoms with Gasteiger partial charge in [0.1, 0.15) is 0 Å². The van der Waals surface area contributed by atoms with Crippen LogP contribution < -0.4 is 4.90 Å². The van der Waals surface area contributed by atoms with E-state index in [1.54, 1.807) is 18.9 Å². The van der Waals surface area contributed by atoms with Gasteiger partial charge in [-0.05, 0) is 6.92 Å². The van der Waals surface area contributed by atoms with E-state index >= 15 is 0 Å². The molecule has 1 N–H and O–H groups in total. The lowest BCUT2D eigenvalue weighted by Gasteiger charge is -2.27. The number of non-ortho nitro benzene ring substituents is 1. The van der Waals surface area contributed by atoms with Gasteiger partial charge in [-0.25, -0.2) is 0 Å². The molecule has 0 saturated heterocycles. The Labute approximate surface area is 109 Å². The standard InChI is InChI=1S/C10H12Cl2N2O3/c1-6(5-15)13(2)10-8(11)3-7(14(16)17)4-9(10)12/h3-4,6,15H,5H2,1-2H3. The first-order valence-corrected chi connectivity index (χ1v) is 5.61.